The average molecular weight is 395 g/mol. The summed E-state index contributed by atoms with van der Waals surface area (Å²) < 4.78 is 0. The molecular weight excluding hydrogens is 360 g/mol. The maximum absolute atomic E-state index is 12.3. The van der Waals surface area contributed by atoms with Crippen LogP contribution in [-0.4, -0.2) is 18.8 Å². The van der Waals surface area contributed by atoms with Crippen LogP contribution >= 0.6 is 11.6 Å². The third-order valence-corrected chi connectivity index (χ3v) is 3.06. The van der Waals surface area contributed by atoms with Gasteiger partial charge in [0.25, 0.3) is 5.91 Å². The lowest BCUT2D eigenvalue weighted by atomic mass is 10.1. The molecule has 1 aromatic carbocycles. The van der Waals surface area contributed by atoms with E-state index in [-0.39, 0.29) is 11.8 Å². The Morgan fingerprint density at radius 1 is 1.11 bits per heavy atom. The molecule has 4 nitrogen and oxygen atoms in total. The number of benzene rings is 1. The molecule has 0 atom stereocenters. The van der Waals surface area contributed by atoms with Crippen molar-refractivity contribution >= 4 is 17.5 Å². The van der Waals surface area contributed by atoms with Crippen LogP contribution in [0.4, 0.5) is 0 Å². The van der Waals surface area contributed by atoms with Gasteiger partial charge in [-0.3, -0.25) is 10.1 Å². The quantitative estimate of drug-likeness (QED) is 0.190. The summed E-state index contributed by atoms with van der Waals surface area (Å²) in [7, 11) is 1.63. The van der Waals surface area contributed by atoms with E-state index in [1.165, 1.54) is 0 Å². The number of allylic oxidation sites excluding steroid dienone is 3. The van der Waals surface area contributed by atoms with Crippen molar-refractivity contribution in [2.75, 3.05) is 12.9 Å². The molecule has 1 aromatic rings. The molecule has 0 heterocycles. The minimum Gasteiger partial charge on any atom is -0.391 e. The molecule has 5 heteroatoms. The summed E-state index contributed by atoms with van der Waals surface area (Å²) in [6, 6.07) is 9.92. The maximum Gasteiger partial charge on any atom is 0.257 e. The number of rotatable bonds is 9. The first-order valence-electron chi connectivity index (χ1n) is 9.53. The fourth-order valence-corrected chi connectivity index (χ4v) is 1.97. The fraction of sp³-hybridized carbons (Fsp3) is 0.409. The van der Waals surface area contributed by atoms with E-state index in [2.05, 4.69) is 10.8 Å². The lowest BCUT2D eigenvalue weighted by Gasteiger charge is -2.11. The largest absolute Gasteiger partial charge is 0.391 e. The summed E-state index contributed by atoms with van der Waals surface area (Å²) in [6.45, 7) is 10.0. The Morgan fingerprint density at radius 3 is 2.26 bits per heavy atom. The summed E-state index contributed by atoms with van der Waals surface area (Å²) in [4.78, 5) is 17.6. The van der Waals surface area contributed by atoms with Gasteiger partial charge in [0, 0.05) is 18.5 Å². The van der Waals surface area contributed by atoms with Gasteiger partial charge in [0.05, 0.1) is 0 Å². The zero-order valence-corrected chi connectivity index (χ0v) is 18.3. The number of carbonyl (C=O) groups excluding carboxylic acids is 1. The molecule has 1 rings (SSSR count). The standard InChI is InChI=1S/C18H23ClN2O2.2C2H6/c1-3-4-10-16(13-14-19)18(22)21-17(23-20-2)12-11-15-8-6-5-7-9-15;2*1-2/h4-10,12-13,20H,3,11,14H2,1-2H3,(H,21,22);2*1-2H3/b10-4-,16-13+,17-12-;;. The third kappa shape index (κ3) is 13.8. The van der Waals surface area contributed by atoms with Crippen LogP contribution in [0.3, 0.4) is 0 Å². The Labute approximate surface area is 170 Å². The van der Waals surface area contributed by atoms with E-state index >= 15 is 0 Å². The zero-order valence-electron chi connectivity index (χ0n) is 17.5. The molecule has 27 heavy (non-hydrogen) atoms. The minimum atomic E-state index is -0.259. The Morgan fingerprint density at radius 2 is 1.74 bits per heavy atom. The van der Waals surface area contributed by atoms with Crippen molar-refractivity contribution < 1.29 is 9.63 Å². The number of amides is 1. The molecule has 0 radical (unpaired) electrons. The lowest BCUT2D eigenvalue weighted by Crippen LogP contribution is -2.28. The van der Waals surface area contributed by atoms with E-state index in [4.69, 9.17) is 16.4 Å². The van der Waals surface area contributed by atoms with Gasteiger partial charge in [-0.2, -0.15) is 5.48 Å². The Kier molecular flexibility index (Phi) is 20.4. The molecule has 0 fully saturated rings. The van der Waals surface area contributed by atoms with Crippen LogP contribution in [0, 0.1) is 0 Å². The normalized spacial score (nSPS) is 11.1. The second-order valence-corrected chi connectivity index (χ2v) is 4.95. The lowest BCUT2D eigenvalue weighted by molar-refractivity contribution is -0.117. The SMILES string of the molecule is CC.CC.CC/C=C\C(=C/CCl)C(=O)N/C(=C/Cc1ccccc1)ONC. The van der Waals surface area contributed by atoms with Gasteiger partial charge in [-0.05, 0) is 24.5 Å². The molecule has 0 aliphatic carbocycles. The highest BCUT2D eigenvalue weighted by molar-refractivity contribution is 6.19. The predicted octanol–water partition coefficient (Wildman–Crippen LogP) is 5.52. The van der Waals surface area contributed by atoms with Crippen LogP contribution < -0.4 is 10.8 Å². The predicted molar refractivity (Wildman–Crippen MR) is 117 cm³/mol. The van der Waals surface area contributed by atoms with E-state index in [0.717, 1.165) is 12.0 Å². The number of hydrogen-bond acceptors (Lipinski definition) is 3. The zero-order chi connectivity index (χ0) is 20.9. The molecule has 0 spiro atoms. The minimum absolute atomic E-state index is 0.259. The van der Waals surface area contributed by atoms with Gasteiger partial charge in [0.1, 0.15) is 0 Å². The molecule has 0 aromatic heterocycles. The van der Waals surface area contributed by atoms with Crippen molar-refractivity contribution in [1.29, 1.82) is 0 Å². The second-order valence-electron chi connectivity index (χ2n) is 4.64. The van der Waals surface area contributed by atoms with Crippen molar-refractivity contribution in [2.24, 2.45) is 0 Å². The van der Waals surface area contributed by atoms with Crippen LogP contribution in [0.5, 0.6) is 0 Å². The van der Waals surface area contributed by atoms with Crippen molar-refractivity contribution in [3.8, 4) is 0 Å². The summed E-state index contributed by atoms with van der Waals surface area (Å²) in [5.41, 5.74) is 4.21. The van der Waals surface area contributed by atoms with Gasteiger partial charge < -0.3 is 4.84 Å². The topological polar surface area (TPSA) is 50.4 Å². The highest BCUT2D eigenvalue weighted by Gasteiger charge is 2.09. The number of hydroxylamine groups is 1. The van der Waals surface area contributed by atoms with Gasteiger partial charge in [-0.25, -0.2) is 0 Å². The van der Waals surface area contributed by atoms with Crippen LogP contribution in [0.15, 0.2) is 66.1 Å². The van der Waals surface area contributed by atoms with Crippen LogP contribution in [-0.2, 0) is 16.1 Å². The first-order chi connectivity index (χ1) is 13.2. The van der Waals surface area contributed by atoms with Gasteiger partial charge in [-0.15, -0.1) is 11.6 Å². The van der Waals surface area contributed by atoms with Gasteiger partial charge in [0.15, 0.2) is 0 Å². The molecule has 1 amide bonds. The molecule has 2 N–H and O–H groups in total. The van der Waals surface area contributed by atoms with Crippen molar-refractivity contribution in [2.45, 2.75) is 47.5 Å². The summed E-state index contributed by atoms with van der Waals surface area (Å²) in [5.74, 6) is 0.365. The van der Waals surface area contributed by atoms with Gasteiger partial charge in [-0.1, -0.05) is 83.2 Å². The van der Waals surface area contributed by atoms with Crippen molar-refractivity contribution in [3.63, 3.8) is 0 Å². The van der Waals surface area contributed by atoms with Gasteiger partial charge >= 0.3 is 0 Å². The maximum atomic E-state index is 12.3. The molecule has 0 aliphatic rings. The number of halogens is 1. The van der Waals surface area contributed by atoms with Gasteiger partial charge in [0.2, 0.25) is 5.88 Å². The Bertz CT molecular complexity index is 567. The van der Waals surface area contributed by atoms with E-state index in [9.17, 15) is 4.79 Å². The first kappa shape index (κ1) is 27.2. The smallest absolute Gasteiger partial charge is 0.257 e. The molecule has 0 bridgehead atoms. The second kappa shape index (κ2) is 20.3. The van der Waals surface area contributed by atoms with Crippen molar-refractivity contribution in [1.82, 2.24) is 10.8 Å². The Balaban J connectivity index is 0. The molecule has 0 saturated heterocycles. The molecular formula is C22H35ClN2O2. The highest BCUT2D eigenvalue weighted by Crippen LogP contribution is 2.05. The molecule has 152 valence electrons. The monoisotopic (exact) mass is 394 g/mol. The first-order valence-corrected chi connectivity index (χ1v) is 10.1. The molecule has 0 unspecified atom stereocenters. The summed E-state index contributed by atoms with van der Waals surface area (Å²) in [5, 5.41) is 2.74. The van der Waals surface area contributed by atoms with Crippen LogP contribution in [0.2, 0.25) is 0 Å². The number of nitrogens with one attached hydrogen (secondary N) is 2. The highest BCUT2D eigenvalue weighted by atomic mass is 35.5. The molecule has 0 aliphatic heterocycles. The van der Waals surface area contributed by atoms with E-state index in [1.807, 2.05) is 77.1 Å². The fourth-order valence-electron chi connectivity index (χ4n) is 1.80. The Hall–Kier alpha value is -2.04. The van der Waals surface area contributed by atoms with E-state index in [1.54, 1.807) is 19.2 Å². The van der Waals surface area contributed by atoms with Crippen LogP contribution in [0.25, 0.3) is 0 Å². The number of carbonyl (C=O) groups is 1. The summed E-state index contributed by atoms with van der Waals surface area (Å²) >= 11 is 5.71. The molecule has 0 saturated carbocycles. The van der Waals surface area contributed by atoms with E-state index in [0.29, 0.717) is 17.9 Å². The number of hydrogen-bond donors (Lipinski definition) is 2. The number of alkyl halides is 1. The summed E-state index contributed by atoms with van der Waals surface area (Å²) in [6.07, 6.45) is 8.63. The average Bonchev–Trinajstić information content (AvgIpc) is 2.73. The third-order valence-electron chi connectivity index (χ3n) is 2.91. The van der Waals surface area contributed by atoms with Crippen molar-refractivity contribution in [3.05, 3.63) is 71.7 Å². The van der Waals surface area contributed by atoms with E-state index < -0.39 is 0 Å². The van der Waals surface area contributed by atoms with Crippen LogP contribution in [0.1, 0.15) is 46.6 Å².